The molecule has 20 heavy (non-hydrogen) atoms. The highest BCUT2D eigenvalue weighted by Crippen LogP contribution is 2.21. The van der Waals surface area contributed by atoms with E-state index in [9.17, 15) is 4.79 Å². The molecule has 0 aliphatic carbocycles. The second-order valence-corrected chi connectivity index (χ2v) is 5.52. The van der Waals surface area contributed by atoms with Gasteiger partial charge in [-0.3, -0.25) is 0 Å². The summed E-state index contributed by atoms with van der Waals surface area (Å²) in [6.45, 7) is 4.82. The molecule has 1 aromatic carbocycles. The topological polar surface area (TPSA) is 71.5 Å². The Hall–Kier alpha value is -2.08. The number of aromatic carboxylic acids is 1. The zero-order valence-electron chi connectivity index (χ0n) is 11.3. The molecule has 0 saturated heterocycles. The molecule has 2 aromatic rings. The molecule has 2 rings (SSSR count). The molecular formula is C14H16N2O3S. The van der Waals surface area contributed by atoms with Gasteiger partial charge in [0.15, 0.2) is 10.8 Å². The molecule has 0 aliphatic heterocycles. The number of anilines is 1. The van der Waals surface area contributed by atoms with Gasteiger partial charge in [-0.2, -0.15) is 0 Å². The lowest BCUT2D eigenvalue weighted by atomic mass is 10.2. The lowest BCUT2D eigenvalue weighted by molar-refractivity contribution is 0.0690. The van der Waals surface area contributed by atoms with Gasteiger partial charge in [-0.05, 0) is 31.5 Å². The van der Waals surface area contributed by atoms with Crippen LogP contribution in [0.15, 0.2) is 24.3 Å². The van der Waals surface area contributed by atoms with Gasteiger partial charge in [-0.25, -0.2) is 9.78 Å². The third-order valence-corrected chi connectivity index (χ3v) is 3.56. The van der Waals surface area contributed by atoms with Crippen molar-refractivity contribution in [2.45, 2.75) is 13.8 Å². The van der Waals surface area contributed by atoms with Crippen molar-refractivity contribution in [3.63, 3.8) is 0 Å². The van der Waals surface area contributed by atoms with E-state index in [0.717, 1.165) is 11.3 Å². The molecule has 0 fully saturated rings. The summed E-state index contributed by atoms with van der Waals surface area (Å²) >= 11 is 1.33. The Bertz CT molecular complexity index is 610. The van der Waals surface area contributed by atoms with E-state index >= 15 is 0 Å². The summed E-state index contributed by atoms with van der Waals surface area (Å²) in [7, 11) is 0. The quantitative estimate of drug-likeness (QED) is 0.801. The van der Waals surface area contributed by atoms with Crippen LogP contribution in [0.2, 0.25) is 0 Å². The number of nitrogens with one attached hydrogen (secondary N) is 1. The van der Waals surface area contributed by atoms with Gasteiger partial charge in [-0.1, -0.05) is 12.1 Å². The van der Waals surface area contributed by atoms with Gasteiger partial charge >= 0.3 is 5.97 Å². The highest BCUT2D eigenvalue weighted by molar-refractivity contribution is 7.15. The molecular weight excluding hydrogens is 276 g/mol. The van der Waals surface area contributed by atoms with Crippen molar-refractivity contribution < 1.29 is 14.6 Å². The molecule has 0 saturated carbocycles. The number of ether oxygens (including phenoxy) is 1. The Morgan fingerprint density at radius 1 is 1.45 bits per heavy atom. The number of aromatic nitrogens is 1. The van der Waals surface area contributed by atoms with Crippen LogP contribution in [0.4, 0.5) is 5.13 Å². The molecule has 2 N–H and O–H groups in total. The zero-order chi connectivity index (χ0) is 14.5. The van der Waals surface area contributed by atoms with Gasteiger partial charge in [0.25, 0.3) is 0 Å². The maximum atomic E-state index is 10.9. The standard InChI is InChI=1S/C14H16N2O3S/c1-9-4-3-5-11(8-9)19-7-6-15-14-16-12(13(17)18)10(2)20-14/h3-5,8H,6-7H2,1-2H3,(H,15,16)(H,17,18). The number of benzene rings is 1. The van der Waals surface area contributed by atoms with E-state index in [-0.39, 0.29) is 5.69 Å². The van der Waals surface area contributed by atoms with Crippen molar-refractivity contribution in [1.82, 2.24) is 4.98 Å². The minimum atomic E-state index is -0.997. The number of hydrogen-bond acceptors (Lipinski definition) is 5. The molecule has 0 aliphatic rings. The van der Waals surface area contributed by atoms with E-state index < -0.39 is 5.97 Å². The van der Waals surface area contributed by atoms with Crippen LogP contribution in [-0.2, 0) is 0 Å². The average Bonchev–Trinajstić information content (AvgIpc) is 2.76. The van der Waals surface area contributed by atoms with Crippen LogP contribution in [0.3, 0.4) is 0 Å². The number of carbonyl (C=O) groups is 1. The largest absolute Gasteiger partial charge is 0.492 e. The highest BCUT2D eigenvalue weighted by Gasteiger charge is 2.13. The van der Waals surface area contributed by atoms with E-state index in [4.69, 9.17) is 9.84 Å². The fraction of sp³-hybridized carbons (Fsp3) is 0.286. The fourth-order valence-electron chi connectivity index (χ4n) is 1.70. The van der Waals surface area contributed by atoms with Gasteiger partial charge in [0, 0.05) is 4.88 Å². The van der Waals surface area contributed by atoms with Crippen LogP contribution < -0.4 is 10.1 Å². The Morgan fingerprint density at radius 2 is 2.25 bits per heavy atom. The van der Waals surface area contributed by atoms with Crippen LogP contribution in [0.25, 0.3) is 0 Å². The number of thiazole rings is 1. The maximum Gasteiger partial charge on any atom is 0.355 e. The average molecular weight is 292 g/mol. The van der Waals surface area contributed by atoms with Gasteiger partial charge in [0.1, 0.15) is 12.4 Å². The van der Waals surface area contributed by atoms with E-state index in [1.807, 2.05) is 31.2 Å². The van der Waals surface area contributed by atoms with E-state index in [0.29, 0.717) is 23.2 Å². The predicted octanol–water partition coefficient (Wildman–Crippen LogP) is 2.95. The van der Waals surface area contributed by atoms with Crippen molar-refractivity contribution in [1.29, 1.82) is 0 Å². The minimum absolute atomic E-state index is 0.108. The number of nitrogens with zero attached hydrogens (tertiary/aromatic N) is 1. The molecule has 1 heterocycles. The number of aryl methyl sites for hydroxylation is 2. The van der Waals surface area contributed by atoms with E-state index in [1.165, 1.54) is 11.3 Å². The Balaban J connectivity index is 1.81. The maximum absolute atomic E-state index is 10.9. The molecule has 1 aromatic heterocycles. The molecule has 0 atom stereocenters. The molecule has 5 nitrogen and oxygen atoms in total. The molecule has 0 spiro atoms. The summed E-state index contributed by atoms with van der Waals surface area (Å²) in [6, 6.07) is 7.83. The van der Waals surface area contributed by atoms with Crippen molar-refractivity contribution in [3.8, 4) is 5.75 Å². The minimum Gasteiger partial charge on any atom is -0.492 e. The van der Waals surface area contributed by atoms with Crippen molar-refractivity contribution in [3.05, 3.63) is 40.4 Å². The highest BCUT2D eigenvalue weighted by atomic mass is 32.1. The number of carboxylic acid groups (broad SMARTS) is 1. The Morgan fingerprint density at radius 3 is 2.90 bits per heavy atom. The smallest absolute Gasteiger partial charge is 0.355 e. The van der Waals surface area contributed by atoms with Crippen molar-refractivity contribution >= 4 is 22.4 Å². The molecule has 0 amide bonds. The molecule has 0 bridgehead atoms. The predicted molar refractivity (Wildman–Crippen MR) is 79.0 cm³/mol. The van der Waals surface area contributed by atoms with Gasteiger partial charge < -0.3 is 15.2 Å². The first-order chi connectivity index (χ1) is 9.56. The summed E-state index contributed by atoms with van der Waals surface area (Å²) in [5, 5.41) is 12.6. The molecule has 106 valence electrons. The second-order valence-electron chi connectivity index (χ2n) is 4.32. The lowest BCUT2D eigenvalue weighted by Gasteiger charge is -2.07. The first-order valence-electron chi connectivity index (χ1n) is 6.20. The number of hydrogen-bond donors (Lipinski definition) is 2. The third-order valence-electron chi connectivity index (χ3n) is 2.64. The van der Waals surface area contributed by atoms with Gasteiger partial charge in [0.05, 0.1) is 6.54 Å². The van der Waals surface area contributed by atoms with Crippen LogP contribution in [0.5, 0.6) is 5.75 Å². The molecule has 0 radical (unpaired) electrons. The monoisotopic (exact) mass is 292 g/mol. The lowest BCUT2D eigenvalue weighted by Crippen LogP contribution is -2.11. The van der Waals surface area contributed by atoms with Crippen molar-refractivity contribution in [2.24, 2.45) is 0 Å². The summed E-state index contributed by atoms with van der Waals surface area (Å²) in [4.78, 5) is 15.6. The molecule has 6 heteroatoms. The number of rotatable bonds is 6. The normalized spacial score (nSPS) is 10.3. The van der Waals surface area contributed by atoms with Crippen LogP contribution in [-0.4, -0.2) is 29.2 Å². The molecule has 0 unspecified atom stereocenters. The van der Waals surface area contributed by atoms with Crippen LogP contribution >= 0.6 is 11.3 Å². The first kappa shape index (κ1) is 14.3. The number of carboxylic acids is 1. The second kappa shape index (κ2) is 6.38. The van der Waals surface area contributed by atoms with E-state index in [1.54, 1.807) is 6.92 Å². The Kier molecular flexibility index (Phi) is 4.57. The van der Waals surface area contributed by atoms with Gasteiger partial charge in [-0.15, -0.1) is 11.3 Å². The summed E-state index contributed by atoms with van der Waals surface area (Å²) in [6.07, 6.45) is 0. The van der Waals surface area contributed by atoms with Gasteiger partial charge in [0.2, 0.25) is 0 Å². The van der Waals surface area contributed by atoms with E-state index in [2.05, 4.69) is 10.3 Å². The summed E-state index contributed by atoms with van der Waals surface area (Å²) in [5.41, 5.74) is 1.26. The Labute approximate surface area is 121 Å². The fourth-order valence-corrected chi connectivity index (χ4v) is 2.53. The third kappa shape index (κ3) is 3.71. The first-order valence-corrected chi connectivity index (χ1v) is 7.02. The van der Waals surface area contributed by atoms with Crippen molar-refractivity contribution in [2.75, 3.05) is 18.5 Å². The van der Waals surface area contributed by atoms with Crippen LogP contribution in [0, 0.1) is 13.8 Å². The van der Waals surface area contributed by atoms with Crippen LogP contribution in [0.1, 0.15) is 20.9 Å². The summed E-state index contributed by atoms with van der Waals surface area (Å²) in [5.74, 6) is -0.170. The zero-order valence-corrected chi connectivity index (χ0v) is 12.2. The SMILES string of the molecule is Cc1cccc(OCCNc2nc(C(=O)O)c(C)s2)c1. The summed E-state index contributed by atoms with van der Waals surface area (Å²) < 4.78 is 5.59.